The van der Waals surface area contributed by atoms with E-state index < -0.39 is 0 Å². The third-order valence-corrected chi connectivity index (χ3v) is 4.45. The van der Waals surface area contributed by atoms with Crippen molar-refractivity contribution >= 4 is 38.5 Å². The first-order valence-electron chi connectivity index (χ1n) is 6.50. The van der Waals surface area contributed by atoms with E-state index in [-0.39, 0.29) is 6.04 Å². The van der Waals surface area contributed by atoms with Gasteiger partial charge in [-0.05, 0) is 30.7 Å². The zero-order chi connectivity index (χ0) is 15.0. The lowest BCUT2D eigenvalue weighted by molar-refractivity contribution is 0.476. The largest absolute Gasteiger partial charge is 0.457 e. The van der Waals surface area contributed by atoms with Gasteiger partial charge in [0.15, 0.2) is 5.58 Å². The van der Waals surface area contributed by atoms with Crippen molar-refractivity contribution in [3.8, 4) is 0 Å². The summed E-state index contributed by atoms with van der Waals surface area (Å²) in [6.45, 7) is 2.04. The quantitative estimate of drug-likeness (QED) is 0.522. The van der Waals surface area contributed by atoms with Gasteiger partial charge in [0.05, 0.1) is 5.02 Å². The minimum Gasteiger partial charge on any atom is -0.457 e. The van der Waals surface area contributed by atoms with Gasteiger partial charge in [0.1, 0.15) is 11.8 Å². The Morgan fingerprint density at radius 2 is 2.05 bits per heavy atom. The van der Waals surface area contributed by atoms with E-state index in [4.69, 9.17) is 21.9 Å². The van der Waals surface area contributed by atoms with Crippen molar-refractivity contribution in [2.45, 2.75) is 13.0 Å². The van der Waals surface area contributed by atoms with Crippen LogP contribution in [-0.2, 0) is 0 Å². The van der Waals surface area contributed by atoms with Gasteiger partial charge in [0, 0.05) is 9.86 Å². The summed E-state index contributed by atoms with van der Waals surface area (Å²) in [7, 11) is 0. The number of hydrogen-bond donors (Lipinski definition) is 2. The second-order valence-corrected chi connectivity index (χ2v) is 6.19. The number of halogens is 2. The third kappa shape index (κ3) is 2.72. The molecule has 0 radical (unpaired) electrons. The predicted octanol–water partition coefficient (Wildman–Crippen LogP) is 4.71. The van der Waals surface area contributed by atoms with Gasteiger partial charge < -0.3 is 4.42 Å². The molecule has 5 heteroatoms. The fraction of sp³-hybridized carbons (Fsp3) is 0.125. The molecule has 1 atom stereocenters. The highest BCUT2D eigenvalue weighted by Crippen LogP contribution is 2.34. The van der Waals surface area contributed by atoms with E-state index in [1.54, 1.807) is 0 Å². The number of nitrogens with two attached hydrogens (primary N) is 1. The molecule has 0 aliphatic heterocycles. The molecule has 0 spiro atoms. The Bertz CT molecular complexity index is 800. The summed E-state index contributed by atoms with van der Waals surface area (Å²) < 4.78 is 6.88. The van der Waals surface area contributed by atoms with Gasteiger partial charge >= 0.3 is 0 Å². The van der Waals surface area contributed by atoms with E-state index in [2.05, 4.69) is 27.4 Å². The summed E-state index contributed by atoms with van der Waals surface area (Å²) >= 11 is 9.73. The van der Waals surface area contributed by atoms with Crippen LogP contribution in [0.2, 0.25) is 5.02 Å². The van der Waals surface area contributed by atoms with Gasteiger partial charge in [-0.3, -0.25) is 5.84 Å². The zero-order valence-electron chi connectivity index (χ0n) is 11.4. The number of fused-ring (bicyclic) bond motifs is 1. The van der Waals surface area contributed by atoms with Crippen LogP contribution in [-0.4, -0.2) is 0 Å². The smallest absolute Gasteiger partial charge is 0.152 e. The predicted molar refractivity (Wildman–Crippen MR) is 89.3 cm³/mol. The molecule has 0 aliphatic carbocycles. The number of para-hydroxylation sites is 1. The normalized spacial score (nSPS) is 12.8. The molecular formula is C16H14BrClN2O. The number of furan rings is 1. The molecule has 21 heavy (non-hydrogen) atoms. The Balaban J connectivity index is 2.13. The van der Waals surface area contributed by atoms with E-state index in [0.29, 0.717) is 10.6 Å². The van der Waals surface area contributed by atoms with Crippen LogP contribution in [0.1, 0.15) is 22.9 Å². The molecule has 1 aromatic heterocycles. The minimum atomic E-state index is -0.247. The second kappa shape index (κ2) is 5.81. The minimum absolute atomic E-state index is 0.247. The van der Waals surface area contributed by atoms with Crippen LogP contribution in [0, 0.1) is 6.92 Å². The van der Waals surface area contributed by atoms with Crippen LogP contribution >= 0.6 is 27.5 Å². The van der Waals surface area contributed by atoms with Crippen molar-refractivity contribution in [2.75, 3.05) is 0 Å². The number of nitrogens with one attached hydrogen (secondary N) is 1. The molecule has 1 unspecified atom stereocenters. The Hall–Kier alpha value is -1.33. The fourth-order valence-corrected chi connectivity index (χ4v) is 3.10. The second-order valence-electron chi connectivity index (χ2n) is 4.93. The van der Waals surface area contributed by atoms with Crippen molar-refractivity contribution in [3.05, 3.63) is 68.8 Å². The number of hydrazine groups is 1. The summed E-state index contributed by atoms with van der Waals surface area (Å²) in [6, 6.07) is 13.5. The van der Waals surface area contributed by atoms with Gasteiger partial charge in [-0.2, -0.15) is 0 Å². The van der Waals surface area contributed by atoms with Crippen LogP contribution in [0.4, 0.5) is 0 Å². The molecular weight excluding hydrogens is 352 g/mol. The van der Waals surface area contributed by atoms with Crippen LogP contribution in [0.3, 0.4) is 0 Å². The van der Waals surface area contributed by atoms with Crippen LogP contribution in [0.5, 0.6) is 0 Å². The highest BCUT2D eigenvalue weighted by atomic mass is 79.9. The Morgan fingerprint density at radius 1 is 1.24 bits per heavy atom. The number of rotatable bonds is 3. The molecule has 0 bridgehead atoms. The highest BCUT2D eigenvalue weighted by Gasteiger charge is 2.20. The highest BCUT2D eigenvalue weighted by molar-refractivity contribution is 9.10. The third-order valence-electron chi connectivity index (χ3n) is 3.43. The Labute approximate surface area is 136 Å². The lowest BCUT2D eigenvalue weighted by Gasteiger charge is -2.16. The summed E-state index contributed by atoms with van der Waals surface area (Å²) in [4.78, 5) is 0. The average Bonchev–Trinajstić information content (AvgIpc) is 2.89. The number of hydrogen-bond acceptors (Lipinski definition) is 3. The van der Waals surface area contributed by atoms with Gasteiger partial charge in [-0.25, -0.2) is 5.43 Å². The first-order valence-corrected chi connectivity index (χ1v) is 7.67. The molecule has 0 saturated carbocycles. The molecule has 1 heterocycles. The van der Waals surface area contributed by atoms with Gasteiger partial charge in [-0.15, -0.1) is 0 Å². The molecule has 0 saturated heterocycles. The van der Waals surface area contributed by atoms with Gasteiger partial charge in [-0.1, -0.05) is 57.4 Å². The molecule has 0 fully saturated rings. The van der Waals surface area contributed by atoms with Gasteiger partial charge in [0.2, 0.25) is 0 Å². The topological polar surface area (TPSA) is 51.2 Å². The first-order chi connectivity index (χ1) is 10.1. The van der Waals surface area contributed by atoms with Crippen molar-refractivity contribution in [3.63, 3.8) is 0 Å². The molecule has 2 aromatic carbocycles. The Kier molecular flexibility index (Phi) is 4.04. The summed E-state index contributed by atoms with van der Waals surface area (Å²) in [5, 5.41) is 1.55. The van der Waals surface area contributed by atoms with Crippen LogP contribution < -0.4 is 11.3 Å². The number of aryl methyl sites for hydroxylation is 1. The summed E-state index contributed by atoms with van der Waals surface area (Å²) in [6.07, 6.45) is 0. The Morgan fingerprint density at radius 3 is 2.76 bits per heavy atom. The van der Waals surface area contributed by atoms with E-state index in [0.717, 1.165) is 26.7 Å². The molecule has 3 aromatic rings. The molecule has 0 aliphatic rings. The first kappa shape index (κ1) is 14.6. The molecule has 0 amide bonds. The zero-order valence-corrected chi connectivity index (χ0v) is 13.7. The standard InChI is InChI=1S/C16H14BrClN2O/c1-9-5-6-12(17)11(7-9)15(20-19)14-8-10-3-2-4-13(18)16(10)21-14/h2-8,15,20H,19H2,1H3. The average molecular weight is 366 g/mol. The van der Waals surface area contributed by atoms with Crippen LogP contribution in [0.15, 0.2) is 51.4 Å². The molecule has 3 N–H and O–H groups in total. The SMILES string of the molecule is Cc1ccc(Br)c(C(NN)c2cc3cccc(Cl)c3o2)c1. The van der Waals surface area contributed by atoms with Crippen molar-refractivity contribution < 1.29 is 4.42 Å². The van der Waals surface area contributed by atoms with Gasteiger partial charge in [0.25, 0.3) is 0 Å². The van der Waals surface area contributed by atoms with Crippen molar-refractivity contribution in [2.24, 2.45) is 5.84 Å². The van der Waals surface area contributed by atoms with E-state index >= 15 is 0 Å². The fourth-order valence-electron chi connectivity index (χ4n) is 2.40. The van der Waals surface area contributed by atoms with E-state index in [9.17, 15) is 0 Å². The molecule has 3 nitrogen and oxygen atoms in total. The molecule has 108 valence electrons. The molecule has 3 rings (SSSR count). The van der Waals surface area contributed by atoms with Crippen molar-refractivity contribution in [1.82, 2.24) is 5.43 Å². The lowest BCUT2D eigenvalue weighted by Crippen LogP contribution is -2.28. The summed E-state index contributed by atoms with van der Waals surface area (Å²) in [5.74, 6) is 6.48. The number of benzene rings is 2. The maximum Gasteiger partial charge on any atom is 0.152 e. The maximum atomic E-state index is 6.17. The van der Waals surface area contributed by atoms with Crippen molar-refractivity contribution in [1.29, 1.82) is 0 Å². The lowest BCUT2D eigenvalue weighted by atomic mass is 10.0. The monoisotopic (exact) mass is 364 g/mol. The summed E-state index contributed by atoms with van der Waals surface area (Å²) in [5.41, 5.74) is 5.67. The van der Waals surface area contributed by atoms with Crippen LogP contribution in [0.25, 0.3) is 11.0 Å². The van der Waals surface area contributed by atoms with E-state index in [1.165, 1.54) is 0 Å². The van der Waals surface area contributed by atoms with E-state index in [1.807, 2.05) is 43.3 Å². The maximum absolute atomic E-state index is 6.17.